The van der Waals surface area contributed by atoms with Gasteiger partial charge in [0.1, 0.15) is 22.9 Å². The van der Waals surface area contributed by atoms with Crippen molar-refractivity contribution in [1.29, 1.82) is 0 Å². The number of rotatable bonds is 4. The summed E-state index contributed by atoms with van der Waals surface area (Å²) in [5.74, 6) is 2.09. The lowest BCUT2D eigenvalue weighted by Crippen LogP contribution is -2.36. The van der Waals surface area contributed by atoms with Gasteiger partial charge in [0.05, 0.1) is 13.2 Å². The van der Waals surface area contributed by atoms with Gasteiger partial charge in [-0.2, -0.15) is 4.98 Å². The molecular weight excluding hydrogens is 451 g/mol. The smallest absolute Gasteiger partial charge is 0.229 e. The van der Waals surface area contributed by atoms with Crippen LogP contribution in [0.1, 0.15) is 42.5 Å². The zero-order chi connectivity index (χ0) is 23.1. The number of ether oxygens (including phenoxy) is 1. The zero-order valence-corrected chi connectivity index (χ0v) is 20.5. The molecule has 0 spiro atoms. The predicted molar refractivity (Wildman–Crippen MR) is 138 cm³/mol. The van der Waals surface area contributed by atoms with Crippen LogP contribution in [0, 0.1) is 12.7 Å². The normalized spacial score (nSPS) is 17.1. The van der Waals surface area contributed by atoms with Crippen molar-refractivity contribution < 1.29 is 9.13 Å². The van der Waals surface area contributed by atoms with Crippen molar-refractivity contribution in [3.63, 3.8) is 0 Å². The summed E-state index contributed by atoms with van der Waals surface area (Å²) in [5.41, 5.74) is 4.99. The quantitative estimate of drug-likeness (QED) is 0.344. The van der Waals surface area contributed by atoms with E-state index < -0.39 is 0 Å². The van der Waals surface area contributed by atoms with Crippen molar-refractivity contribution in [3.05, 3.63) is 83.2 Å². The highest BCUT2D eigenvalue weighted by atomic mass is 35.5. The number of halogens is 2. The molecule has 0 aliphatic carbocycles. The van der Waals surface area contributed by atoms with E-state index in [0.29, 0.717) is 17.6 Å². The first-order valence-corrected chi connectivity index (χ1v) is 11.2. The standard InChI is InChI=1S/C27H27FN4O.ClH/c1-16-14-19(28)12-13-23(16)29-27-30-25-22(10-7-11-24(25)33-4)26(31-27)32-15-17(2)20-8-5-6-9-21(20)18(32)3;/h5-14,17-18H,15H2,1-4H3,(H,29,30,31);1H. The molecule has 0 amide bonds. The van der Waals surface area contributed by atoms with Gasteiger partial charge in [-0.3, -0.25) is 0 Å². The molecule has 7 heteroatoms. The zero-order valence-electron chi connectivity index (χ0n) is 19.7. The fourth-order valence-corrected chi connectivity index (χ4v) is 4.77. The van der Waals surface area contributed by atoms with Crippen LogP contribution in [0.3, 0.4) is 0 Å². The van der Waals surface area contributed by atoms with E-state index in [1.807, 2.05) is 25.1 Å². The van der Waals surface area contributed by atoms with E-state index in [9.17, 15) is 4.39 Å². The summed E-state index contributed by atoms with van der Waals surface area (Å²) in [6.45, 7) is 7.18. The van der Waals surface area contributed by atoms with Crippen LogP contribution < -0.4 is 15.0 Å². The van der Waals surface area contributed by atoms with Gasteiger partial charge in [-0.15, -0.1) is 12.4 Å². The fraction of sp³-hybridized carbons (Fsp3) is 0.259. The van der Waals surface area contributed by atoms with Gasteiger partial charge in [-0.05, 0) is 66.8 Å². The first-order chi connectivity index (χ1) is 16.0. The summed E-state index contributed by atoms with van der Waals surface area (Å²) >= 11 is 0. The number of nitrogens with one attached hydrogen (secondary N) is 1. The third-order valence-corrected chi connectivity index (χ3v) is 6.51. The maximum Gasteiger partial charge on any atom is 0.229 e. The Morgan fingerprint density at radius 3 is 2.50 bits per heavy atom. The highest BCUT2D eigenvalue weighted by molar-refractivity contribution is 5.95. The van der Waals surface area contributed by atoms with Gasteiger partial charge in [0.15, 0.2) is 0 Å². The van der Waals surface area contributed by atoms with Gasteiger partial charge >= 0.3 is 0 Å². The van der Waals surface area contributed by atoms with Gasteiger partial charge < -0.3 is 15.0 Å². The van der Waals surface area contributed by atoms with Crippen molar-refractivity contribution in [2.45, 2.75) is 32.7 Å². The summed E-state index contributed by atoms with van der Waals surface area (Å²) in [7, 11) is 1.65. The number of aromatic nitrogens is 2. The van der Waals surface area contributed by atoms with Crippen LogP contribution in [0.15, 0.2) is 60.7 Å². The molecule has 3 aromatic carbocycles. The van der Waals surface area contributed by atoms with Crippen LogP contribution in [-0.2, 0) is 0 Å². The minimum atomic E-state index is -0.269. The van der Waals surface area contributed by atoms with Crippen LogP contribution in [-0.4, -0.2) is 23.6 Å². The topological polar surface area (TPSA) is 50.3 Å². The molecule has 0 fully saturated rings. The molecule has 2 atom stereocenters. The van der Waals surface area contributed by atoms with E-state index >= 15 is 0 Å². The molecule has 1 N–H and O–H groups in total. The molecule has 1 aliphatic rings. The number of hydrogen-bond acceptors (Lipinski definition) is 5. The first-order valence-electron chi connectivity index (χ1n) is 11.2. The molecule has 2 heterocycles. The molecule has 5 nitrogen and oxygen atoms in total. The van der Waals surface area contributed by atoms with Crippen molar-refractivity contribution in [1.82, 2.24) is 9.97 Å². The molecule has 176 valence electrons. The number of para-hydroxylation sites is 1. The third kappa shape index (κ3) is 4.14. The largest absolute Gasteiger partial charge is 0.494 e. The molecule has 1 aromatic heterocycles. The van der Waals surface area contributed by atoms with E-state index in [4.69, 9.17) is 14.7 Å². The Balaban J connectivity index is 0.00000274. The average Bonchev–Trinajstić information content (AvgIpc) is 2.82. The van der Waals surface area contributed by atoms with Crippen LogP contribution in [0.4, 0.5) is 21.8 Å². The van der Waals surface area contributed by atoms with Gasteiger partial charge in [0.2, 0.25) is 5.95 Å². The highest BCUT2D eigenvalue weighted by Gasteiger charge is 2.30. The SMILES string of the molecule is COc1cccc2c(N3CC(C)c4ccccc4C3C)nc(Nc3ccc(F)cc3C)nc12.Cl. The predicted octanol–water partition coefficient (Wildman–Crippen LogP) is 6.94. The van der Waals surface area contributed by atoms with Crippen LogP contribution in [0.25, 0.3) is 10.9 Å². The lowest BCUT2D eigenvalue weighted by Gasteiger charge is -2.40. The molecule has 0 saturated heterocycles. The molecule has 0 bridgehead atoms. The molecule has 0 radical (unpaired) electrons. The van der Waals surface area contributed by atoms with E-state index in [0.717, 1.165) is 34.5 Å². The Bertz CT molecular complexity index is 1350. The van der Waals surface area contributed by atoms with Crippen LogP contribution in [0.2, 0.25) is 0 Å². The monoisotopic (exact) mass is 478 g/mol. The Morgan fingerprint density at radius 1 is 1.00 bits per heavy atom. The second kappa shape index (κ2) is 9.47. The second-order valence-corrected chi connectivity index (χ2v) is 8.67. The summed E-state index contributed by atoms with van der Waals surface area (Å²) < 4.78 is 19.3. The van der Waals surface area contributed by atoms with Crippen molar-refractivity contribution >= 4 is 40.8 Å². The third-order valence-electron chi connectivity index (χ3n) is 6.51. The molecule has 5 rings (SSSR count). The van der Waals surface area contributed by atoms with Crippen molar-refractivity contribution in [2.24, 2.45) is 0 Å². The van der Waals surface area contributed by atoms with Gasteiger partial charge in [-0.25, -0.2) is 9.37 Å². The molecule has 34 heavy (non-hydrogen) atoms. The van der Waals surface area contributed by atoms with Gasteiger partial charge in [0, 0.05) is 17.6 Å². The van der Waals surface area contributed by atoms with Crippen LogP contribution in [0.5, 0.6) is 5.75 Å². The van der Waals surface area contributed by atoms with E-state index in [1.165, 1.54) is 23.3 Å². The Hall–Kier alpha value is -3.38. The maximum atomic E-state index is 13.6. The molecule has 0 saturated carbocycles. The number of nitrogens with zero attached hydrogens (tertiary/aromatic N) is 3. The van der Waals surface area contributed by atoms with Gasteiger partial charge in [0.25, 0.3) is 0 Å². The summed E-state index contributed by atoms with van der Waals surface area (Å²) in [6.07, 6.45) is 0. The summed E-state index contributed by atoms with van der Waals surface area (Å²) in [6, 6.07) is 19.3. The molecule has 2 unspecified atom stereocenters. The minimum Gasteiger partial charge on any atom is -0.494 e. The number of benzene rings is 3. The van der Waals surface area contributed by atoms with E-state index in [1.54, 1.807) is 13.2 Å². The van der Waals surface area contributed by atoms with E-state index in [-0.39, 0.29) is 24.3 Å². The van der Waals surface area contributed by atoms with Crippen molar-refractivity contribution in [3.8, 4) is 5.75 Å². The number of methoxy groups -OCH3 is 1. The van der Waals surface area contributed by atoms with Crippen molar-refractivity contribution in [2.75, 3.05) is 23.9 Å². The lowest BCUT2D eigenvalue weighted by molar-refractivity contribution is 0.419. The number of aryl methyl sites for hydroxylation is 1. The number of fused-ring (bicyclic) bond motifs is 2. The minimum absolute atomic E-state index is 0. The molecular formula is C27H28ClFN4O. The lowest BCUT2D eigenvalue weighted by atomic mass is 9.86. The number of hydrogen-bond donors (Lipinski definition) is 1. The fourth-order valence-electron chi connectivity index (χ4n) is 4.77. The number of anilines is 3. The van der Waals surface area contributed by atoms with E-state index in [2.05, 4.69) is 48.3 Å². The Morgan fingerprint density at radius 2 is 1.76 bits per heavy atom. The average molecular weight is 479 g/mol. The second-order valence-electron chi connectivity index (χ2n) is 8.67. The first kappa shape index (κ1) is 23.8. The molecule has 4 aromatic rings. The summed E-state index contributed by atoms with van der Waals surface area (Å²) in [5, 5.41) is 4.24. The Labute approximate surface area is 205 Å². The molecule has 1 aliphatic heterocycles. The maximum absolute atomic E-state index is 13.6. The highest BCUT2D eigenvalue weighted by Crippen LogP contribution is 2.41. The van der Waals surface area contributed by atoms with Crippen LogP contribution >= 0.6 is 12.4 Å². The Kier molecular flexibility index (Phi) is 6.62. The summed E-state index contributed by atoms with van der Waals surface area (Å²) in [4.78, 5) is 12.1. The van der Waals surface area contributed by atoms with Gasteiger partial charge in [-0.1, -0.05) is 37.3 Å².